The van der Waals surface area contributed by atoms with Crippen molar-refractivity contribution in [2.75, 3.05) is 24.4 Å². The van der Waals surface area contributed by atoms with Crippen molar-refractivity contribution in [1.82, 2.24) is 4.90 Å². The Kier molecular flexibility index (Phi) is 6.42. The van der Waals surface area contributed by atoms with E-state index < -0.39 is 6.04 Å². The number of ether oxygens (including phenoxy) is 2. The lowest BCUT2D eigenvalue weighted by Gasteiger charge is -2.19. The fourth-order valence-electron chi connectivity index (χ4n) is 3.36. The molecule has 0 bridgehead atoms. The molecule has 0 aliphatic carbocycles. The molecule has 0 spiro atoms. The van der Waals surface area contributed by atoms with E-state index >= 15 is 0 Å². The summed E-state index contributed by atoms with van der Waals surface area (Å²) in [6.07, 6.45) is 6.30. The Morgan fingerprint density at radius 1 is 1.22 bits per heavy atom. The number of alkyl halides is 1. The van der Waals surface area contributed by atoms with Gasteiger partial charge in [0.05, 0.1) is 25.0 Å². The lowest BCUT2D eigenvalue weighted by molar-refractivity contribution is -0.119. The van der Waals surface area contributed by atoms with Gasteiger partial charge in [0, 0.05) is 17.6 Å². The summed E-state index contributed by atoms with van der Waals surface area (Å²) < 4.78 is 11.3. The van der Waals surface area contributed by atoms with Gasteiger partial charge < -0.3 is 19.7 Å². The third-order valence-corrected chi connectivity index (χ3v) is 5.49. The molecule has 1 N–H and O–H groups in total. The van der Waals surface area contributed by atoms with Crippen LogP contribution in [0.1, 0.15) is 49.4 Å². The summed E-state index contributed by atoms with van der Waals surface area (Å²) in [6, 6.07) is 2.87. The summed E-state index contributed by atoms with van der Waals surface area (Å²) in [5, 5.41) is 3.88. The van der Waals surface area contributed by atoms with Crippen LogP contribution < -0.4 is 14.8 Å². The molecule has 2 aliphatic heterocycles. The fourth-order valence-corrected chi connectivity index (χ4v) is 3.76. The number of methoxy groups -OCH3 is 1. The van der Waals surface area contributed by atoms with Gasteiger partial charge in [-0.2, -0.15) is 0 Å². The third-order valence-electron chi connectivity index (χ3n) is 4.93. The maximum Gasteiger partial charge on any atom is 0.260 e. The Morgan fingerprint density at radius 2 is 2.04 bits per heavy atom. The van der Waals surface area contributed by atoms with Crippen molar-refractivity contribution < 1.29 is 19.1 Å². The van der Waals surface area contributed by atoms with Gasteiger partial charge in [0.1, 0.15) is 6.04 Å². The highest BCUT2D eigenvalue weighted by atomic mass is 79.9. The fraction of sp³-hybridized carbons (Fsp3) is 0.500. The van der Waals surface area contributed by atoms with Crippen molar-refractivity contribution in [2.45, 2.75) is 45.1 Å². The Labute approximate surface area is 168 Å². The summed E-state index contributed by atoms with van der Waals surface area (Å²) in [4.78, 5) is 27.2. The largest absolute Gasteiger partial charge is 0.493 e. The minimum absolute atomic E-state index is 0.171. The number of hydrogen-bond acceptors (Lipinski definition) is 4. The number of halogens is 1. The lowest BCUT2D eigenvalue weighted by atomic mass is 10.1. The van der Waals surface area contributed by atoms with Crippen molar-refractivity contribution >= 4 is 33.4 Å². The highest BCUT2D eigenvalue weighted by Gasteiger charge is 2.38. The van der Waals surface area contributed by atoms with Crippen molar-refractivity contribution in [3.8, 4) is 11.5 Å². The number of anilines is 1. The second-order valence-corrected chi connectivity index (χ2v) is 7.50. The molecule has 146 valence electrons. The number of carbonyl (C=O) groups is 2. The predicted octanol–water partition coefficient (Wildman–Crippen LogP) is 4.10. The first-order valence-electron chi connectivity index (χ1n) is 9.33. The molecule has 0 saturated carbocycles. The van der Waals surface area contributed by atoms with E-state index in [1.165, 1.54) is 0 Å². The molecule has 2 amide bonds. The van der Waals surface area contributed by atoms with E-state index in [4.69, 9.17) is 9.47 Å². The van der Waals surface area contributed by atoms with Crippen LogP contribution in [0.4, 0.5) is 5.69 Å². The number of nitrogens with zero attached hydrogens (tertiary/aromatic N) is 1. The van der Waals surface area contributed by atoms with Crippen LogP contribution in [0.5, 0.6) is 11.5 Å². The zero-order valence-corrected chi connectivity index (χ0v) is 17.3. The Hall–Kier alpha value is -2.02. The van der Waals surface area contributed by atoms with Crippen LogP contribution in [-0.2, 0) is 4.79 Å². The first kappa shape index (κ1) is 19.7. The summed E-state index contributed by atoms with van der Waals surface area (Å²) >= 11 is 3.42. The lowest BCUT2D eigenvalue weighted by Crippen LogP contribution is -2.38. The summed E-state index contributed by atoms with van der Waals surface area (Å²) in [7, 11) is 1.55. The van der Waals surface area contributed by atoms with Crippen molar-refractivity contribution in [3.63, 3.8) is 0 Å². The molecule has 6 nitrogen and oxygen atoms in total. The zero-order chi connectivity index (χ0) is 19.4. The Balaban J connectivity index is 1.86. The SMILES string of the molecule is CCC1=CN2C(=O)c3cc(OC)c(OCCCCCBr)cc3NC(=O)[C@@H]2C1. The number of fused-ring (bicyclic) bond motifs is 2. The molecule has 0 fully saturated rings. The summed E-state index contributed by atoms with van der Waals surface area (Å²) in [5.41, 5.74) is 1.99. The molecule has 2 heterocycles. The minimum Gasteiger partial charge on any atom is -0.493 e. The average molecular weight is 437 g/mol. The van der Waals surface area contributed by atoms with Gasteiger partial charge in [-0.05, 0) is 38.2 Å². The topological polar surface area (TPSA) is 67.9 Å². The van der Waals surface area contributed by atoms with Gasteiger partial charge in [0.15, 0.2) is 11.5 Å². The van der Waals surface area contributed by atoms with Crippen molar-refractivity contribution in [2.24, 2.45) is 0 Å². The van der Waals surface area contributed by atoms with Crippen molar-refractivity contribution in [1.29, 1.82) is 0 Å². The van der Waals surface area contributed by atoms with E-state index in [0.29, 0.717) is 35.8 Å². The Bertz CT molecular complexity index is 763. The molecule has 0 aromatic heterocycles. The molecule has 0 radical (unpaired) electrons. The minimum atomic E-state index is -0.487. The van der Waals surface area contributed by atoms with Crippen LogP contribution in [-0.4, -0.2) is 41.8 Å². The second-order valence-electron chi connectivity index (χ2n) is 6.71. The second kappa shape index (κ2) is 8.78. The van der Waals surface area contributed by atoms with Crippen LogP contribution in [0.25, 0.3) is 0 Å². The van der Waals surface area contributed by atoms with E-state index in [-0.39, 0.29) is 11.8 Å². The van der Waals surface area contributed by atoms with Gasteiger partial charge in [-0.3, -0.25) is 9.59 Å². The van der Waals surface area contributed by atoms with Crippen LogP contribution >= 0.6 is 15.9 Å². The van der Waals surface area contributed by atoms with Gasteiger partial charge in [-0.1, -0.05) is 28.4 Å². The van der Waals surface area contributed by atoms with E-state index in [0.717, 1.165) is 36.6 Å². The molecule has 2 aliphatic rings. The number of nitrogens with one attached hydrogen (secondary N) is 1. The molecule has 0 unspecified atom stereocenters. The number of hydrogen-bond donors (Lipinski definition) is 1. The monoisotopic (exact) mass is 436 g/mol. The predicted molar refractivity (Wildman–Crippen MR) is 108 cm³/mol. The molecular formula is C20H25BrN2O4. The molecule has 7 heteroatoms. The molecule has 0 saturated heterocycles. The van der Waals surface area contributed by atoms with Gasteiger partial charge in [-0.25, -0.2) is 0 Å². The quantitative estimate of drug-likeness (QED) is 0.491. The number of unbranched alkanes of at least 4 members (excludes halogenated alkanes) is 2. The Morgan fingerprint density at radius 3 is 2.74 bits per heavy atom. The van der Waals surface area contributed by atoms with Gasteiger partial charge in [0.25, 0.3) is 5.91 Å². The number of carbonyl (C=O) groups excluding carboxylic acids is 2. The van der Waals surface area contributed by atoms with E-state index in [9.17, 15) is 9.59 Å². The van der Waals surface area contributed by atoms with Crippen LogP contribution in [0.2, 0.25) is 0 Å². The smallest absolute Gasteiger partial charge is 0.260 e. The van der Waals surface area contributed by atoms with E-state index in [1.54, 1.807) is 24.1 Å². The summed E-state index contributed by atoms with van der Waals surface area (Å²) in [5.74, 6) is 0.665. The maximum atomic E-state index is 13.0. The molecular weight excluding hydrogens is 412 g/mol. The molecule has 3 rings (SSSR count). The normalized spacial score (nSPS) is 18.4. The highest BCUT2D eigenvalue weighted by molar-refractivity contribution is 9.09. The molecule has 1 aromatic rings. The van der Waals surface area contributed by atoms with Crippen LogP contribution in [0, 0.1) is 0 Å². The number of benzene rings is 1. The van der Waals surface area contributed by atoms with Crippen molar-refractivity contribution in [3.05, 3.63) is 29.5 Å². The number of amides is 2. The standard InChI is InChI=1S/C20H25BrN2O4/c1-3-13-9-16-19(24)22-15-11-18(27-8-6-4-5-7-21)17(26-2)10-14(15)20(25)23(16)12-13/h10-12,16H,3-9H2,1-2H3,(H,22,24)/t16-/m0/s1. The average Bonchev–Trinajstić information content (AvgIpc) is 3.08. The first-order chi connectivity index (χ1) is 13.1. The van der Waals surface area contributed by atoms with Gasteiger partial charge >= 0.3 is 0 Å². The van der Waals surface area contributed by atoms with E-state index in [2.05, 4.69) is 21.2 Å². The van der Waals surface area contributed by atoms with Gasteiger partial charge in [-0.15, -0.1) is 0 Å². The summed E-state index contributed by atoms with van der Waals surface area (Å²) in [6.45, 7) is 2.58. The first-order valence-corrected chi connectivity index (χ1v) is 10.4. The third kappa shape index (κ3) is 4.13. The molecule has 27 heavy (non-hydrogen) atoms. The highest BCUT2D eigenvalue weighted by Crippen LogP contribution is 2.38. The maximum absolute atomic E-state index is 13.0. The zero-order valence-electron chi connectivity index (χ0n) is 15.7. The van der Waals surface area contributed by atoms with Crippen LogP contribution in [0.15, 0.2) is 23.9 Å². The van der Waals surface area contributed by atoms with Gasteiger partial charge in [0.2, 0.25) is 5.91 Å². The molecule has 1 aromatic carbocycles. The van der Waals surface area contributed by atoms with E-state index in [1.807, 2.05) is 13.1 Å². The molecule has 1 atom stereocenters. The van der Waals surface area contributed by atoms with Crippen LogP contribution in [0.3, 0.4) is 0 Å². The number of rotatable bonds is 8.